The monoisotopic (exact) mass is 364 g/mol. The van der Waals surface area contributed by atoms with Gasteiger partial charge in [-0.25, -0.2) is 14.4 Å². The van der Waals surface area contributed by atoms with Gasteiger partial charge in [0.15, 0.2) is 0 Å². The number of ether oxygens (including phenoxy) is 2. The van der Waals surface area contributed by atoms with Gasteiger partial charge in [-0.2, -0.15) is 5.01 Å². The van der Waals surface area contributed by atoms with Crippen LogP contribution in [0.25, 0.3) is 0 Å². The SMILES string of the molecule is CCOC(=O)c1ccc(N=NN(C)C(=O)OC(=O)C(C)NC(C)=O)cc1. The molecule has 0 aliphatic heterocycles. The molecule has 1 aromatic carbocycles. The van der Waals surface area contributed by atoms with Crippen LogP contribution >= 0.6 is 0 Å². The third-order valence-electron chi connectivity index (χ3n) is 2.90. The van der Waals surface area contributed by atoms with Crippen LogP contribution in [0.3, 0.4) is 0 Å². The van der Waals surface area contributed by atoms with Crippen LogP contribution in [0, 0.1) is 0 Å². The number of amides is 2. The van der Waals surface area contributed by atoms with Crippen molar-refractivity contribution in [3.63, 3.8) is 0 Å². The Kier molecular flexibility index (Phi) is 7.87. The summed E-state index contributed by atoms with van der Waals surface area (Å²) in [5, 5.41) is 10.4. The Hall–Kier alpha value is -3.30. The molecule has 10 nitrogen and oxygen atoms in total. The first kappa shape index (κ1) is 20.7. The maximum atomic E-state index is 11.7. The first-order chi connectivity index (χ1) is 12.2. The van der Waals surface area contributed by atoms with E-state index in [1.165, 1.54) is 45.2 Å². The molecule has 0 saturated carbocycles. The van der Waals surface area contributed by atoms with E-state index < -0.39 is 30.0 Å². The van der Waals surface area contributed by atoms with Gasteiger partial charge in [0.05, 0.1) is 17.9 Å². The minimum absolute atomic E-state index is 0.270. The molecule has 1 N–H and O–H groups in total. The maximum absolute atomic E-state index is 11.7. The third kappa shape index (κ3) is 6.67. The van der Waals surface area contributed by atoms with Crippen LogP contribution in [-0.4, -0.2) is 48.6 Å². The van der Waals surface area contributed by atoms with Crippen molar-refractivity contribution in [1.82, 2.24) is 10.3 Å². The number of nitrogens with one attached hydrogen (secondary N) is 1. The Labute approximate surface area is 150 Å². The molecule has 0 saturated heterocycles. The van der Waals surface area contributed by atoms with Crippen LogP contribution in [0.2, 0.25) is 0 Å². The van der Waals surface area contributed by atoms with Gasteiger partial charge in [0, 0.05) is 14.0 Å². The zero-order chi connectivity index (χ0) is 19.7. The second kappa shape index (κ2) is 9.87. The van der Waals surface area contributed by atoms with Crippen LogP contribution in [0.5, 0.6) is 0 Å². The van der Waals surface area contributed by atoms with E-state index >= 15 is 0 Å². The average Bonchev–Trinajstić information content (AvgIpc) is 2.59. The molecule has 0 bridgehead atoms. The van der Waals surface area contributed by atoms with E-state index in [9.17, 15) is 19.2 Å². The standard InChI is InChI=1S/C16H20N4O6/c1-5-25-15(23)12-6-8-13(9-7-12)18-19-20(4)16(24)26-14(22)10(2)17-11(3)21/h6-10H,5H2,1-4H3,(H,17,21). The summed E-state index contributed by atoms with van der Waals surface area (Å²) in [5.41, 5.74) is 0.728. The lowest BCUT2D eigenvalue weighted by Crippen LogP contribution is -2.40. The molecule has 0 aliphatic rings. The minimum atomic E-state index is -1.06. The molecule has 0 fully saturated rings. The second-order valence-electron chi connectivity index (χ2n) is 5.09. The Morgan fingerprint density at radius 1 is 1.19 bits per heavy atom. The summed E-state index contributed by atoms with van der Waals surface area (Å²) in [4.78, 5) is 45.8. The fourth-order valence-corrected chi connectivity index (χ4v) is 1.64. The molecule has 2 amide bonds. The van der Waals surface area contributed by atoms with Crippen molar-refractivity contribution in [2.24, 2.45) is 10.3 Å². The minimum Gasteiger partial charge on any atom is -0.462 e. The van der Waals surface area contributed by atoms with Crippen molar-refractivity contribution in [3.05, 3.63) is 29.8 Å². The summed E-state index contributed by atoms with van der Waals surface area (Å²) in [7, 11) is 1.25. The largest absolute Gasteiger partial charge is 0.462 e. The normalized spacial score (nSPS) is 11.5. The zero-order valence-electron chi connectivity index (χ0n) is 14.9. The lowest BCUT2D eigenvalue weighted by Gasteiger charge is -2.13. The highest BCUT2D eigenvalue weighted by molar-refractivity contribution is 5.90. The summed E-state index contributed by atoms with van der Waals surface area (Å²) < 4.78 is 9.42. The van der Waals surface area contributed by atoms with Crippen molar-refractivity contribution in [2.75, 3.05) is 13.7 Å². The molecule has 1 aromatic rings. The number of carbonyl (C=O) groups is 4. The van der Waals surface area contributed by atoms with Gasteiger partial charge in [0.1, 0.15) is 6.04 Å². The van der Waals surface area contributed by atoms with Crippen LogP contribution in [0.1, 0.15) is 31.1 Å². The first-order valence-electron chi connectivity index (χ1n) is 7.70. The Balaban J connectivity index is 2.61. The molecule has 10 heteroatoms. The third-order valence-corrected chi connectivity index (χ3v) is 2.90. The highest BCUT2D eigenvalue weighted by atomic mass is 16.6. The van der Waals surface area contributed by atoms with E-state index in [2.05, 4.69) is 20.4 Å². The van der Waals surface area contributed by atoms with E-state index in [1.807, 2.05) is 0 Å². The van der Waals surface area contributed by atoms with Gasteiger partial charge in [0.25, 0.3) is 0 Å². The smallest absolute Gasteiger partial charge is 0.439 e. The Morgan fingerprint density at radius 2 is 1.81 bits per heavy atom. The molecule has 1 atom stereocenters. The first-order valence-corrected chi connectivity index (χ1v) is 7.70. The van der Waals surface area contributed by atoms with E-state index in [4.69, 9.17) is 4.74 Å². The Bertz CT molecular complexity index is 701. The van der Waals surface area contributed by atoms with Crippen LogP contribution < -0.4 is 5.32 Å². The Morgan fingerprint density at radius 3 is 2.35 bits per heavy atom. The van der Waals surface area contributed by atoms with Gasteiger partial charge in [-0.3, -0.25) is 4.79 Å². The van der Waals surface area contributed by atoms with Crippen molar-refractivity contribution in [3.8, 4) is 0 Å². The number of hydrogen-bond acceptors (Lipinski definition) is 8. The molecule has 140 valence electrons. The van der Waals surface area contributed by atoms with E-state index in [1.54, 1.807) is 6.92 Å². The molecule has 1 rings (SSSR count). The van der Waals surface area contributed by atoms with Gasteiger partial charge in [-0.15, -0.1) is 5.11 Å². The van der Waals surface area contributed by atoms with E-state index in [0.29, 0.717) is 11.3 Å². The zero-order valence-corrected chi connectivity index (χ0v) is 14.9. The number of nitrogens with zero attached hydrogens (tertiary/aromatic N) is 3. The molecule has 1 unspecified atom stereocenters. The van der Waals surface area contributed by atoms with Gasteiger partial charge < -0.3 is 14.8 Å². The van der Waals surface area contributed by atoms with Crippen LogP contribution in [-0.2, 0) is 19.1 Å². The molecule has 0 aromatic heterocycles. The number of carbonyl (C=O) groups excluding carboxylic acids is 4. The highest BCUT2D eigenvalue weighted by Gasteiger charge is 2.21. The number of hydrogen-bond donors (Lipinski definition) is 1. The molecular weight excluding hydrogens is 344 g/mol. The number of benzene rings is 1. The lowest BCUT2D eigenvalue weighted by atomic mass is 10.2. The predicted molar refractivity (Wildman–Crippen MR) is 89.4 cm³/mol. The summed E-state index contributed by atoms with van der Waals surface area (Å²) in [5.74, 6) is -1.81. The topological polar surface area (TPSA) is 127 Å². The van der Waals surface area contributed by atoms with Crippen LogP contribution in [0.4, 0.5) is 10.5 Å². The van der Waals surface area contributed by atoms with E-state index in [-0.39, 0.29) is 6.61 Å². The summed E-state index contributed by atoms with van der Waals surface area (Å²) in [6.07, 6.45) is -1.06. The van der Waals surface area contributed by atoms with E-state index in [0.717, 1.165) is 5.01 Å². The molecule has 26 heavy (non-hydrogen) atoms. The highest BCUT2D eigenvalue weighted by Crippen LogP contribution is 2.14. The molecule has 0 radical (unpaired) electrons. The van der Waals surface area contributed by atoms with Crippen molar-refractivity contribution >= 4 is 29.6 Å². The van der Waals surface area contributed by atoms with Gasteiger partial charge in [-0.1, -0.05) is 5.22 Å². The summed E-state index contributed by atoms with van der Waals surface area (Å²) in [6, 6.07) is 5.06. The lowest BCUT2D eigenvalue weighted by molar-refractivity contribution is -0.142. The summed E-state index contributed by atoms with van der Waals surface area (Å²) >= 11 is 0. The van der Waals surface area contributed by atoms with Crippen molar-refractivity contribution < 1.29 is 28.7 Å². The fourth-order valence-electron chi connectivity index (χ4n) is 1.64. The maximum Gasteiger partial charge on any atom is 0.439 e. The summed E-state index contributed by atoms with van der Waals surface area (Å²) in [6.45, 7) is 4.59. The second-order valence-corrected chi connectivity index (χ2v) is 5.09. The molecule has 0 spiro atoms. The molecule has 0 heterocycles. The average molecular weight is 364 g/mol. The van der Waals surface area contributed by atoms with Crippen molar-refractivity contribution in [1.29, 1.82) is 0 Å². The number of esters is 2. The molecule has 0 aliphatic carbocycles. The quantitative estimate of drug-likeness (QED) is 0.356. The van der Waals surface area contributed by atoms with Gasteiger partial charge in [0.2, 0.25) is 5.91 Å². The van der Waals surface area contributed by atoms with Crippen LogP contribution in [0.15, 0.2) is 34.6 Å². The van der Waals surface area contributed by atoms with Crippen molar-refractivity contribution in [2.45, 2.75) is 26.8 Å². The predicted octanol–water partition coefficient (Wildman–Crippen LogP) is 1.98. The molecular formula is C16H20N4O6. The van der Waals surface area contributed by atoms with Gasteiger partial charge >= 0.3 is 18.0 Å². The van der Waals surface area contributed by atoms with Gasteiger partial charge in [-0.05, 0) is 38.1 Å². The number of rotatable bonds is 6. The fraction of sp³-hybridized carbons (Fsp3) is 0.375.